The van der Waals surface area contributed by atoms with E-state index in [-0.39, 0.29) is 5.91 Å². The Labute approximate surface area is 118 Å². The second kappa shape index (κ2) is 5.65. The molecule has 0 aliphatic carbocycles. The number of anilines is 2. The summed E-state index contributed by atoms with van der Waals surface area (Å²) in [6, 6.07) is 10.9. The topological polar surface area (TPSA) is 64.3 Å². The Balaban J connectivity index is 2.30. The van der Waals surface area contributed by atoms with Crippen LogP contribution in [0.2, 0.25) is 0 Å². The van der Waals surface area contributed by atoms with Crippen molar-refractivity contribution in [1.82, 2.24) is 0 Å². The van der Waals surface area contributed by atoms with Gasteiger partial charge >= 0.3 is 0 Å². The number of ether oxygens (including phenoxy) is 1. The van der Waals surface area contributed by atoms with Crippen molar-refractivity contribution in [3.05, 3.63) is 53.1 Å². The SMILES string of the molecule is COc1cc(C)ccc1NC(=O)c1cccc(N)c1C. The van der Waals surface area contributed by atoms with Gasteiger partial charge in [0.2, 0.25) is 0 Å². The first-order chi connectivity index (χ1) is 9.52. The Morgan fingerprint density at radius 2 is 1.95 bits per heavy atom. The molecular formula is C16H18N2O2. The van der Waals surface area contributed by atoms with E-state index in [2.05, 4.69) is 5.32 Å². The van der Waals surface area contributed by atoms with E-state index < -0.39 is 0 Å². The number of aryl methyl sites for hydroxylation is 1. The van der Waals surface area contributed by atoms with Crippen LogP contribution in [0.3, 0.4) is 0 Å². The van der Waals surface area contributed by atoms with Crippen molar-refractivity contribution in [2.24, 2.45) is 0 Å². The Bertz CT molecular complexity index is 651. The molecule has 0 saturated carbocycles. The summed E-state index contributed by atoms with van der Waals surface area (Å²) in [5.74, 6) is 0.442. The summed E-state index contributed by atoms with van der Waals surface area (Å²) in [5.41, 5.74) is 9.48. The molecule has 0 fully saturated rings. The second-order valence-electron chi connectivity index (χ2n) is 4.68. The number of carbonyl (C=O) groups excluding carboxylic acids is 1. The Morgan fingerprint density at radius 3 is 2.65 bits per heavy atom. The third-order valence-corrected chi connectivity index (χ3v) is 3.23. The van der Waals surface area contributed by atoms with Crippen molar-refractivity contribution in [3.8, 4) is 5.75 Å². The van der Waals surface area contributed by atoms with Gasteiger partial charge in [-0.1, -0.05) is 12.1 Å². The lowest BCUT2D eigenvalue weighted by atomic mass is 10.1. The van der Waals surface area contributed by atoms with Gasteiger partial charge in [-0.2, -0.15) is 0 Å². The van der Waals surface area contributed by atoms with Gasteiger partial charge in [0, 0.05) is 11.3 Å². The van der Waals surface area contributed by atoms with Crippen molar-refractivity contribution in [2.75, 3.05) is 18.2 Å². The fraction of sp³-hybridized carbons (Fsp3) is 0.188. The predicted octanol–water partition coefficient (Wildman–Crippen LogP) is 3.15. The number of carbonyl (C=O) groups is 1. The zero-order valence-corrected chi connectivity index (χ0v) is 11.9. The normalized spacial score (nSPS) is 10.2. The number of methoxy groups -OCH3 is 1. The van der Waals surface area contributed by atoms with Gasteiger partial charge < -0.3 is 15.8 Å². The average molecular weight is 270 g/mol. The van der Waals surface area contributed by atoms with Crippen LogP contribution in [0, 0.1) is 13.8 Å². The summed E-state index contributed by atoms with van der Waals surface area (Å²) in [6.45, 7) is 3.80. The third-order valence-electron chi connectivity index (χ3n) is 3.23. The van der Waals surface area contributed by atoms with E-state index in [1.54, 1.807) is 25.3 Å². The molecule has 0 aromatic heterocycles. The van der Waals surface area contributed by atoms with Crippen LogP contribution in [0.5, 0.6) is 5.75 Å². The van der Waals surface area contributed by atoms with Gasteiger partial charge in [-0.3, -0.25) is 4.79 Å². The first-order valence-corrected chi connectivity index (χ1v) is 6.34. The molecule has 1 amide bonds. The van der Waals surface area contributed by atoms with Gasteiger partial charge in [0.15, 0.2) is 0 Å². The highest BCUT2D eigenvalue weighted by Gasteiger charge is 2.13. The van der Waals surface area contributed by atoms with Crippen molar-refractivity contribution >= 4 is 17.3 Å². The zero-order valence-electron chi connectivity index (χ0n) is 11.9. The number of nitrogen functional groups attached to an aromatic ring is 1. The fourth-order valence-electron chi connectivity index (χ4n) is 1.99. The minimum Gasteiger partial charge on any atom is -0.495 e. The molecule has 2 aromatic rings. The summed E-state index contributed by atoms with van der Waals surface area (Å²) in [7, 11) is 1.58. The van der Waals surface area contributed by atoms with Crippen molar-refractivity contribution < 1.29 is 9.53 Å². The molecule has 0 bridgehead atoms. The number of amides is 1. The molecule has 3 N–H and O–H groups in total. The number of rotatable bonds is 3. The lowest BCUT2D eigenvalue weighted by Gasteiger charge is -2.12. The van der Waals surface area contributed by atoms with E-state index in [4.69, 9.17) is 10.5 Å². The van der Waals surface area contributed by atoms with Gasteiger partial charge in [0.05, 0.1) is 12.8 Å². The highest BCUT2D eigenvalue weighted by molar-refractivity contribution is 6.06. The largest absolute Gasteiger partial charge is 0.495 e. The molecule has 0 radical (unpaired) electrons. The summed E-state index contributed by atoms with van der Waals surface area (Å²) in [6.07, 6.45) is 0. The first kappa shape index (κ1) is 13.9. The maximum Gasteiger partial charge on any atom is 0.256 e. The van der Waals surface area contributed by atoms with Gasteiger partial charge in [-0.25, -0.2) is 0 Å². The summed E-state index contributed by atoms with van der Waals surface area (Å²) < 4.78 is 5.28. The monoisotopic (exact) mass is 270 g/mol. The molecular weight excluding hydrogens is 252 g/mol. The number of nitrogens with two attached hydrogens (primary N) is 1. The van der Waals surface area contributed by atoms with Crippen LogP contribution in [0.25, 0.3) is 0 Å². The molecule has 0 aliphatic heterocycles. The summed E-state index contributed by atoms with van der Waals surface area (Å²) in [4.78, 5) is 12.3. The molecule has 0 unspecified atom stereocenters. The number of hydrogen-bond donors (Lipinski definition) is 2. The van der Waals surface area contributed by atoms with Gasteiger partial charge in [0.1, 0.15) is 5.75 Å². The lowest BCUT2D eigenvalue weighted by Crippen LogP contribution is -2.14. The summed E-state index contributed by atoms with van der Waals surface area (Å²) in [5, 5.41) is 2.85. The summed E-state index contributed by atoms with van der Waals surface area (Å²) >= 11 is 0. The van der Waals surface area contributed by atoms with Crippen molar-refractivity contribution in [3.63, 3.8) is 0 Å². The molecule has 0 spiro atoms. The molecule has 0 heterocycles. The van der Waals surface area contributed by atoms with Gasteiger partial charge in [-0.15, -0.1) is 0 Å². The Hall–Kier alpha value is -2.49. The van der Waals surface area contributed by atoms with E-state index in [1.807, 2.05) is 32.0 Å². The fourth-order valence-corrected chi connectivity index (χ4v) is 1.99. The molecule has 104 valence electrons. The minimum atomic E-state index is -0.197. The van der Waals surface area contributed by atoms with E-state index >= 15 is 0 Å². The molecule has 2 aromatic carbocycles. The second-order valence-corrected chi connectivity index (χ2v) is 4.68. The molecule has 0 aliphatic rings. The van der Waals surface area contributed by atoms with Crippen LogP contribution in [-0.2, 0) is 0 Å². The number of nitrogens with one attached hydrogen (secondary N) is 1. The molecule has 0 atom stereocenters. The number of hydrogen-bond acceptors (Lipinski definition) is 3. The molecule has 20 heavy (non-hydrogen) atoms. The molecule has 4 nitrogen and oxygen atoms in total. The van der Waals surface area contributed by atoms with E-state index in [1.165, 1.54) is 0 Å². The third kappa shape index (κ3) is 2.74. The highest BCUT2D eigenvalue weighted by atomic mass is 16.5. The van der Waals surface area contributed by atoms with Crippen molar-refractivity contribution in [1.29, 1.82) is 0 Å². The van der Waals surface area contributed by atoms with Crippen LogP contribution in [0.1, 0.15) is 21.5 Å². The maximum absolute atomic E-state index is 12.3. The first-order valence-electron chi connectivity index (χ1n) is 6.34. The smallest absolute Gasteiger partial charge is 0.256 e. The molecule has 2 rings (SSSR count). The van der Waals surface area contributed by atoms with Gasteiger partial charge in [0.25, 0.3) is 5.91 Å². The molecule has 4 heteroatoms. The van der Waals surface area contributed by atoms with E-state index in [9.17, 15) is 4.79 Å². The predicted molar refractivity (Wildman–Crippen MR) is 81.3 cm³/mol. The van der Waals surface area contributed by atoms with Crippen LogP contribution in [0.4, 0.5) is 11.4 Å². The maximum atomic E-state index is 12.3. The number of benzene rings is 2. The Morgan fingerprint density at radius 1 is 1.20 bits per heavy atom. The van der Waals surface area contributed by atoms with E-state index in [0.29, 0.717) is 22.7 Å². The van der Waals surface area contributed by atoms with Crippen LogP contribution in [-0.4, -0.2) is 13.0 Å². The molecule has 0 saturated heterocycles. The van der Waals surface area contributed by atoms with Crippen molar-refractivity contribution in [2.45, 2.75) is 13.8 Å². The van der Waals surface area contributed by atoms with Crippen LogP contribution < -0.4 is 15.8 Å². The minimum absolute atomic E-state index is 0.197. The zero-order chi connectivity index (χ0) is 14.7. The lowest BCUT2D eigenvalue weighted by molar-refractivity contribution is 0.102. The van der Waals surface area contributed by atoms with Crippen LogP contribution >= 0.6 is 0 Å². The van der Waals surface area contributed by atoms with E-state index in [0.717, 1.165) is 11.1 Å². The Kier molecular flexibility index (Phi) is 3.94. The van der Waals surface area contributed by atoms with Gasteiger partial charge in [-0.05, 0) is 49.2 Å². The van der Waals surface area contributed by atoms with Crippen LogP contribution in [0.15, 0.2) is 36.4 Å². The average Bonchev–Trinajstić information content (AvgIpc) is 2.43. The highest BCUT2D eigenvalue weighted by Crippen LogP contribution is 2.26. The quantitative estimate of drug-likeness (QED) is 0.842. The standard InChI is InChI=1S/C16H18N2O2/c1-10-7-8-14(15(9-10)20-3)18-16(19)12-5-4-6-13(17)11(12)2/h4-9H,17H2,1-3H3,(H,18,19).